The van der Waals surface area contributed by atoms with Gasteiger partial charge in [-0.25, -0.2) is 16.8 Å². The van der Waals surface area contributed by atoms with E-state index in [-0.39, 0.29) is 66.6 Å². The van der Waals surface area contributed by atoms with Crippen LogP contribution in [0, 0.1) is 0 Å². The standard InChI is InChI=1S/C27H21N3O4S.C26H24ClN3O5S/c31-27(24-16-20-18-28-15-14-23(20)30-24)29-17-19-10-12-22(13-11-19)35(32,33)26-9-5-4-8-25(26)34-21-6-2-1-3-7-21;1-3-30(4-2)26(32)19-11-20(27)14-22(12-19)36(33,34)21-7-5-17(6-8-21)15-29-25(31)23-13-18-9-10-28-16-24(18)35-23/h1-16,18,30H,17H2,(H,29,31);5-14,16H,3-4,15H2,1-2H3,(H,29,31). The predicted molar refractivity (Wildman–Crippen MR) is 268 cm³/mol. The number of carbonyl (C=O) groups is 3. The second-order valence-electron chi connectivity index (χ2n) is 15.8. The van der Waals surface area contributed by atoms with E-state index in [1.54, 1.807) is 102 Å². The molecular weight excluding hydrogens is 964 g/mol. The molecule has 4 aromatic heterocycles. The Balaban J connectivity index is 0.000000190. The highest BCUT2D eigenvalue weighted by molar-refractivity contribution is 7.91. The molecule has 18 heteroatoms. The van der Waals surface area contributed by atoms with Crippen molar-refractivity contribution in [3.05, 3.63) is 204 Å². The second-order valence-corrected chi connectivity index (χ2v) is 20.1. The first-order valence-corrected chi connectivity index (χ1v) is 25.5. The summed E-state index contributed by atoms with van der Waals surface area (Å²) in [5.74, 6) is 0.0205. The number of H-pyrrole nitrogens is 1. The maximum Gasteiger partial charge on any atom is 0.287 e. The third-order valence-corrected chi connectivity index (χ3v) is 15.0. The van der Waals surface area contributed by atoms with Crippen molar-refractivity contribution in [1.82, 2.24) is 30.5 Å². The van der Waals surface area contributed by atoms with E-state index in [1.807, 2.05) is 32.0 Å². The van der Waals surface area contributed by atoms with E-state index >= 15 is 0 Å². The number of amides is 3. The van der Waals surface area contributed by atoms with Crippen LogP contribution in [0.3, 0.4) is 0 Å². The highest BCUT2D eigenvalue weighted by atomic mass is 35.5. The molecular formula is C53H45ClN6O9S2. The molecule has 0 aliphatic heterocycles. The number of fused-ring (bicyclic) bond motifs is 2. The first-order chi connectivity index (χ1) is 34.2. The quantitative estimate of drug-likeness (QED) is 0.0880. The molecule has 0 saturated heterocycles. The lowest BCUT2D eigenvalue weighted by Gasteiger charge is -2.19. The van der Waals surface area contributed by atoms with Crippen LogP contribution in [0.15, 0.2) is 194 Å². The predicted octanol–water partition coefficient (Wildman–Crippen LogP) is 9.84. The van der Waals surface area contributed by atoms with Crippen LogP contribution in [0.4, 0.5) is 0 Å². The zero-order valence-electron chi connectivity index (χ0n) is 38.2. The third kappa shape index (κ3) is 11.5. The monoisotopic (exact) mass is 1010 g/mol. The van der Waals surface area contributed by atoms with Gasteiger partial charge in [0.05, 0.1) is 20.9 Å². The number of aromatic amines is 1. The molecule has 4 heterocycles. The number of halogens is 1. The number of ether oxygens (including phenoxy) is 1. The lowest BCUT2D eigenvalue weighted by atomic mass is 10.2. The fourth-order valence-electron chi connectivity index (χ4n) is 7.38. The normalized spacial score (nSPS) is 11.4. The zero-order valence-corrected chi connectivity index (χ0v) is 40.6. The fraction of sp³-hybridized carbons (Fsp3) is 0.113. The summed E-state index contributed by atoms with van der Waals surface area (Å²) in [6.07, 6.45) is 6.49. The summed E-state index contributed by atoms with van der Waals surface area (Å²) in [4.78, 5) is 50.5. The van der Waals surface area contributed by atoms with E-state index in [1.165, 1.54) is 54.7 Å². The molecule has 9 aromatic rings. The number of nitrogens with one attached hydrogen (secondary N) is 3. The van der Waals surface area contributed by atoms with Crippen LogP contribution in [-0.2, 0) is 32.8 Å². The molecule has 3 amide bonds. The number of para-hydroxylation sites is 2. The van der Waals surface area contributed by atoms with Gasteiger partial charge in [-0.15, -0.1) is 0 Å². The van der Waals surface area contributed by atoms with Gasteiger partial charge in [0, 0.05) is 71.6 Å². The Hall–Kier alpha value is -8.12. The third-order valence-electron chi connectivity index (χ3n) is 11.2. The average Bonchev–Trinajstić information content (AvgIpc) is 4.04. The van der Waals surface area contributed by atoms with Crippen molar-refractivity contribution in [3.8, 4) is 11.5 Å². The summed E-state index contributed by atoms with van der Waals surface area (Å²) < 4.78 is 64.5. The summed E-state index contributed by atoms with van der Waals surface area (Å²) in [7, 11) is -7.74. The number of carbonyl (C=O) groups excluding carboxylic acids is 3. The number of hydrogen-bond acceptors (Lipinski definition) is 11. The van der Waals surface area contributed by atoms with Gasteiger partial charge in [-0.2, -0.15) is 0 Å². The number of aromatic nitrogens is 3. The van der Waals surface area contributed by atoms with Crippen molar-refractivity contribution in [1.29, 1.82) is 0 Å². The van der Waals surface area contributed by atoms with Gasteiger partial charge in [-0.3, -0.25) is 24.4 Å². The van der Waals surface area contributed by atoms with Crippen LogP contribution in [0.2, 0.25) is 5.02 Å². The van der Waals surface area contributed by atoms with Crippen LogP contribution in [0.25, 0.3) is 21.9 Å². The molecule has 0 aliphatic rings. The summed E-state index contributed by atoms with van der Waals surface area (Å²) in [5.41, 5.74) is 3.46. The van der Waals surface area contributed by atoms with Gasteiger partial charge in [0.15, 0.2) is 11.3 Å². The maximum atomic E-state index is 13.3. The number of pyridine rings is 2. The van der Waals surface area contributed by atoms with Gasteiger partial charge < -0.3 is 29.7 Å². The zero-order chi connectivity index (χ0) is 50.1. The molecule has 5 aromatic carbocycles. The van der Waals surface area contributed by atoms with Crippen LogP contribution < -0.4 is 15.4 Å². The second kappa shape index (κ2) is 21.7. The minimum atomic E-state index is -3.93. The summed E-state index contributed by atoms with van der Waals surface area (Å²) in [6, 6.07) is 39.2. The van der Waals surface area contributed by atoms with Crippen molar-refractivity contribution in [3.63, 3.8) is 0 Å². The van der Waals surface area contributed by atoms with Gasteiger partial charge in [-0.1, -0.05) is 66.2 Å². The molecule has 0 bridgehead atoms. The lowest BCUT2D eigenvalue weighted by Crippen LogP contribution is -2.30. The summed E-state index contributed by atoms with van der Waals surface area (Å²) in [5, 5.41) is 7.38. The maximum absolute atomic E-state index is 13.3. The van der Waals surface area contributed by atoms with Crippen LogP contribution >= 0.6 is 11.6 Å². The Morgan fingerprint density at radius 1 is 0.648 bits per heavy atom. The Bertz CT molecular complexity index is 3530. The lowest BCUT2D eigenvalue weighted by molar-refractivity contribution is 0.0772. The highest BCUT2D eigenvalue weighted by Gasteiger charge is 2.24. The minimum absolute atomic E-state index is 0.0471. The van der Waals surface area contributed by atoms with Crippen molar-refractivity contribution in [2.45, 2.75) is 46.5 Å². The van der Waals surface area contributed by atoms with Gasteiger partial charge in [0.2, 0.25) is 19.7 Å². The van der Waals surface area contributed by atoms with E-state index in [4.69, 9.17) is 20.8 Å². The number of nitrogens with zero attached hydrogens (tertiary/aromatic N) is 3. The summed E-state index contributed by atoms with van der Waals surface area (Å²) in [6.45, 7) is 5.11. The molecule has 0 spiro atoms. The molecule has 360 valence electrons. The Morgan fingerprint density at radius 2 is 1.27 bits per heavy atom. The van der Waals surface area contributed by atoms with Crippen molar-refractivity contribution in [2.75, 3.05) is 13.1 Å². The molecule has 71 heavy (non-hydrogen) atoms. The number of hydrogen-bond donors (Lipinski definition) is 3. The van der Waals surface area contributed by atoms with Gasteiger partial charge in [0.1, 0.15) is 22.1 Å². The Labute approximate surface area is 414 Å². The average molecular weight is 1010 g/mol. The number of benzene rings is 5. The molecule has 3 N–H and O–H groups in total. The van der Waals surface area contributed by atoms with Crippen LogP contribution in [0.1, 0.15) is 56.4 Å². The SMILES string of the molecule is CCN(CC)C(=O)c1cc(Cl)cc(S(=O)(=O)c2ccc(CNC(=O)c3cc4ccncc4o3)cc2)c1.O=C(NCc1ccc(S(=O)(=O)c2ccccc2Oc2ccccc2)cc1)c1cc2cnccc2[nH]1. The number of sulfone groups is 2. The molecule has 15 nitrogen and oxygen atoms in total. The minimum Gasteiger partial charge on any atom is -0.456 e. The van der Waals surface area contributed by atoms with Gasteiger partial charge >= 0.3 is 0 Å². The van der Waals surface area contributed by atoms with E-state index in [0.29, 0.717) is 35.7 Å². The smallest absolute Gasteiger partial charge is 0.287 e. The molecule has 0 saturated carbocycles. The molecule has 0 unspecified atom stereocenters. The Kier molecular flexibility index (Phi) is 15.0. The number of rotatable bonds is 15. The summed E-state index contributed by atoms with van der Waals surface area (Å²) >= 11 is 6.16. The topological polar surface area (TPSA) is 211 Å². The first-order valence-electron chi connectivity index (χ1n) is 22.2. The fourth-order valence-corrected chi connectivity index (χ4v) is 10.4. The van der Waals surface area contributed by atoms with E-state index in [0.717, 1.165) is 21.9 Å². The molecule has 0 aliphatic carbocycles. The van der Waals surface area contributed by atoms with E-state index in [9.17, 15) is 31.2 Å². The largest absolute Gasteiger partial charge is 0.456 e. The first kappa shape index (κ1) is 49.3. The molecule has 0 fully saturated rings. The van der Waals surface area contributed by atoms with Crippen molar-refractivity contribution < 1.29 is 40.4 Å². The van der Waals surface area contributed by atoms with E-state index < -0.39 is 25.6 Å². The van der Waals surface area contributed by atoms with Gasteiger partial charge in [0.25, 0.3) is 17.7 Å². The van der Waals surface area contributed by atoms with E-state index in [2.05, 4.69) is 25.6 Å². The van der Waals surface area contributed by atoms with Crippen LogP contribution in [0.5, 0.6) is 11.5 Å². The Morgan fingerprint density at radius 3 is 1.93 bits per heavy atom. The molecule has 9 rings (SSSR count). The molecule has 0 atom stereocenters. The van der Waals surface area contributed by atoms with Gasteiger partial charge in [-0.05, 0) is 116 Å². The van der Waals surface area contributed by atoms with Crippen molar-refractivity contribution >= 4 is 70.9 Å². The highest BCUT2D eigenvalue weighted by Crippen LogP contribution is 2.33. The van der Waals surface area contributed by atoms with Crippen LogP contribution in [-0.4, -0.2) is 67.5 Å². The number of furan rings is 1. The molecule has 0 radical (unpaired) electrons. The van der Waals surface area contributed by atoms with Crippen molar-refractivity contribution in [2.24, 2.45) is 0 Å².